The second-order valence-corrected chi connectivity index (χ2v) is 4.79. The maximum atomic E-state index is 12.1. The van der Waals surface area contributed by atoms with Gasteiger partial charge in [-0.1, -0.05) is 29.8 Å². The van der Waals surface area contributed by atoms with Gasteiger partial charge in [0.2, 0.25) is 5.91 Å². The Morgan fingerprint density at radius 2 is 1.90 bits per heavy atom. The fourth-order valence-electron chi connectivity index (χ4n) is 1.92. The van der Waals surface area contributed by atoms with E-state index < -0.39 is 0 Å². The van der Waals surface area contributed by atoms with E-state index in [0.717, 1.165) is 5.56 Å². The Morgan fingerprint density at radius 3 is 2.57 bits per heavy atom. The van der Waals surface area contributed by atoms with Crippen LogP contribution in [0.1, 0.15) is 5.56 Å². The molecule has 2 rings (SSSR count). The summed E-state index contributed by atoms with van der Waals surface area (Å²) >= 11 is 6.05. The Morgan fingerprint density at radius 1 is 1.14 bits per heavy atom. The zero-order valence-corrected chi connectivity index (χ0v) is 12.6. The van der Waals surface area contributed by atoms with Crippen LogP contribution in [0.2, 0.25) is 5.02 Å². The lowest BCUT2D eigenvalue weighted by molar-refractivity contribution is -0.115. The summed E-state index contributed by atoms with van der Waals surface area (Å²) < 4.78 is 10.4. The van der Waals surface area contributed by atoms with Gasteiger partial charge >= 0.3 is 0 Å². The Hall–Kier alpha value is -2.20. The van der Waals surface area contributed by atoms with Crippen LogP contribution in [-0.4, -0.2) is 20.1 Å². The SMILES string of the molecule is COc1ccc(OC)c(NC(=O)Cc2ccccc2Cl)c1. The highest BCUT2D eigenvalue weighted by atomic mass is 35.5. The number of benzene rings is 2. The molecule has 110 valence electrons. The van der Waals surface area contributed by atoms with E-state index in [1.54, 1.807) is 38.5 Å². The van der Waals surface area contributed by atoms with E-state index in [-0.39, 0.29) is 12.3 Å². The van der Waals surface area contributed by atoms with Gasteiger partial charge in [0, 0.05) is 11.1 Å². The number of nitrogens with one attached hydrogen (secondary N) is 1. The van der Waals surface area contributed by atoms with Crippen LogP contribution in [-0.2, 0) is 11.2 Å². The molecule has 2 aromatic rings. The average molecular weight is 306 g/mol. The molecule has 0 heterocycles. The first-order valence-corrected chi connectivity index (χ1v) is 6.77. The van der Waals surface area contributed by atoms with E-state index in [9.17, 15) is 4.79 Å². The third-order valence-electron chi connectivity index (χ3n) is 2.99. The molecule has 0 radical (unpaired) electrons. The van der Waals surface area contributed by atoms with Crippen LogP contribution >= 0.6 is 11.6 Å². The van der Waals surface area contributed by atoms with E-state index in [2.05, 4.69) is 5.32 Å². The van der Waals surface area contributed by atoms with Crippen LogP contribution < -0.4 is 14.8 Å². The molecule has 0 fully saturated rings. The highest BCUT2D eigenvalue weighted by molar-refractivity contribution is 6.31. The summed E-state index contributed by atoms with van der Waals surface area (Å²) in [6.07, 6.45) is 0.194. The van der Waals surface area contributed by atoms with Gasteiger partial charge < -0.3 is 14.8 Å². The summed E-state index contributed by atoms with van der Waals surface area (Å²) in [7, 11) is 3.11. The van der Waals surface area contributed by atoms with E-state index in [4.69, 9.17) is 21.1 Å². The topological polar surface area (TPSA) is 47.6 Å². The number of halogens is 1. The first-order chi connectivity index (χ1) is 10.1. The van der Waals surface area contributed by atoms with Crippen molar-refractivity contribution in [3.8, 4) is 11.5 Å². The monoisotopic (exact) mass is 305 g/mol. The highest BCUT2D eigenvalue weighted by Gasteiger charge is 2.11. The van der Waals surface area contributed by atoms with Crippen LogP contribution in [0.4, 0.5) is 5.69 Å². The summed E-state index contributed by atoms with van der Waals surface area (Å²) in [5, 5.41) is 3.38. The fourth-order valence-corrected chi connectivity index (χ4v) is 2.12. The molecule has 0 spiro atoms. The smallest absolute Gasteiger partial charge is 0.228 e. The lowest BCUT2D eigenvalue weighted by Crippen LogP contribution is -2.15. The molecule has 1 N–H and O–H groups in total. The predicted molar refractivity (Wildman–Crippen MR) is 83.3 cm³/mol. The molecule has 0 aliphatic carbocycles. The van der Waals surface area contributed by atoms with Gasteiger partial charge in [0.25, 0.3) is 0 Å². The van der Waals surface area contributed by atoms with Crippen LogP contribution in [0.15, 0.2) is 42.5 Å². The number of carbonyl (C=O) groups is 1. The molecule has 0 aliphatic heterocycles. The van der Waals surface area contributed by atoms with Crippen molar-refractivity contribution in [2.24, 2.45) is 0 Å². The molecular formula is C16H16ClNO3. The first kappa shape index (κ1) is 15.2. The number of rotatable bonds is 5. The van der Waals surface area contributed by atoms with Gasteiger partial charge in [-0.3, -0.25) is 4.79 Å². The number of hydrogen-bond acceptors (Lipinski definition) is 3. The molecule has 0 unspecified atom stereocenters. The van der Waals surface area contributed by atoms with Crippen molar-refractivity contribution in [3.05, 3.63) is 53.1 Å². The quantitative estimate of drug-likeness (QED) is 0.919. The van der Waals surface area contributed by atoms with Crippen molar-refractivity contribution >= 4 is 23.2 Å². The lowest BCUT2D eigenvalue weighted by atomic mass is 10.1. The van der Waals surface area contributed by atoms with E-state index in [1.165, 1.54) is 0 Å². The maximum Gasteiger partial charge on any atom is 0.228 e. The third-order valence-corrected chi connectivity index (χ3v) is 3.36. The van der Waals surface area contributed by atoms with Crippen molar-refractivity contribution in [1.82, 2.24) is 0 Å². The van der Waals surface area contributed by atoms with Crippen LogP contribution in [0.3, 0.4) is 0 Å². The van der Waals surface area contributed by atoms with Gasteiger partial charge in [-0.15, -0.1) is 0 Å². The van der Waals surface area contributed by atoms with Crippen LogP contribution in [0.5, 0.6) is 11.5 Å². The summed E-state index contributed by atoms with van der Waals surface area (Å²) in [6, 6.07) is 12.5. The molecule has 5 heteroatoms. The lowest BCUT2D eigenvalue weighted by Gasteiger charge is -2.12. The maximum absolute atomic E-state index is 12.1. The van der Waals surface area contributed by atoms with Gasteiger partial charge in [-0.05, 0) is 23.8 Å². The molecule has 4 nitrogen and oxygen atoms in total. The van der Waals surface area contributed by atoms with Gasteiger partial charge in [-0.25, -0.2) is 0 Å². The average Bonchev–Trinajstić information content (AvgIpc) is 2.49. The molecule has 0 saturated heterocycles. The minimum absolute atomic E-state index is 0.172. The van der Waals surface area contributed by atoms with Gasteiger partial charge in [0.05, 0.1) is 26.3 Å². The molecule has 0 saturated carbocycles. The van der Waals surface area contributed by atoms with E-state index >= 15 is 0 Å². The molecule has 0 bridgehead atoms. The highest BCUT2D eigenvalue weighted by Crippen LogP contribution is 2.29. The molecule has 0 atom stereocenters. The summed E-state index contributed by atoms with van der Waals surface area (Å²) in [6.45, 7) is 0. The Balaban J connectivity index is 2.14. The van der Waals surface area contributed by atoms with Gasteiger partial charge in [-0.2, -0.15) is 0 Å². The minimum atomic E-state index is -0.172. The number of ether oxygens (including phenoxy) is 2. The molecule has 2 aromatic carbocycles. The minimum Gasteiger partial charge on any atom is -0.497 e. The zero-order valence-electron chi connectivity index (χ0n) is 11.9. The Bertz CT molecular complexity index is 643. The summed E-state index contributed by atoms with van der Waals surface area (Å²) in [5.41, 5.74) is 1.34. The molecule has 1 amide bonds. The number of anilines is 1. The van der Waals surface area contributed by atoms with Crippen molar-refractivity contribution in [1.29, 1.82) is 0 Å². The fraction of sp³-hybridized carbons (Fsp3) is 0.188. The third kappa shape index (κ3) is 3.89. The van der Waals surface area contributed by atoms with Gasteiger partial charge in [0.15, 0.2) is 0 Å². The van der Waals surface area contributed by atoms with Crippen molar-refractivity contribution < 1.29 is 14.3 Å². The predicted octanol–water partition coefficient (Wildman–Crippen LogP) is 3.54. The summed E-state index contributed by atoms with van der Waals surface area (Å²) in [4.78, 5) is 12.1. The number of hydrogen-bond donors (Lipinski definition) is 1. The standard InChI is InChI=1S/C16H16ClNO3/c1-20-12-7-8-15(21-2)14(10-12)18-16(19)9-11-5-3-4-6-13(11)17/h3-8,10H,9H2,1-2H3,(H,18,19). The zero-order chi connectivity index (χ0) is 15.2. The van der Waals surface area contributed by atoms with Gasteiger partial charge in [0.1, 0.15) is 11.5 Å². The number of methoxy groups -OCH3 is 2. The van der Waals surface area contributed by atoms with E-state index in [0.29, 0.717) is 22.2 Å². The van der Waals surface area contributed by atoms with Crippen LogP contribution in [0.25, 0.3) is 0 Å². The van der Waals surface area contributed by atoms with Crippen molar-refractivity contribution in [3.63, 3.8) is 0 Å². The second kappa shape index (κ2) is 6.99. The Kier molecular flexibility index (Phi) is 5.06. The normalized spacial score (nSPS) is 10.0. The number of amides is 1. The molecule has 21 heavy (non-hydrogen) atoms. The van der Waals surface area contributed by atoms with Crippen LogP contribution in [0, 0.1) is 0 Å². The van der Waals surface area contributed by atoms with E-state index in [1.807, 2.05) is 18.2 Å². The van der Waals surface area contributed by atoms with Crippen molar-refractivity contribution in [2.45, 2.75) is 6.42 Å². The number of carbonyl (C=O) groups excluding carboxylic acids is 1. The molecule has 0 aliphatic rings. The largest absolute Gasteiger partial charge is 0.497 e. The van der Waals surface area contributed by atoms with Crippen molar-refractivity contribution in [2.75, 3.05) is 19.5 Å². The Labute approximate surface area is 128 Å². The first-order valence-electron chi connectivity index (χ1n) is 6.39. The summed E-state index contributed by atoms with van der Waals surface area (Å²) in [5.74, 6) is 1.04. The molecular weight excluding hydrogens is 290 g/mol. The second-order valence-electron chi connectivity index (χ2n) is 4.38. The molecule has 0 aromatic heterocycles.